The first-order valence-electron chi connectivity index (χ1n) is 5.72. The Hall–Kier alpha value is -1.39. The van der Waals surface area contributed by atoms with E-state index in [0.29, 0.717) is 6.42 Å². The number of nitrogens with one attached hydrogen (secondary N) is 1. The smallest absolute Gasteiger partial charge is 0.329 e. The quantitative estimate of drug-likeness (QED) is 0.708. The number of rotatable bonds is 6. The fourth-order valence-corrected chi connectivity index (χ4v) is 1.27. The molecule has 0 aromatic rings. The third kappa shape index (κ3) is 6.71. The van der Waals surface area contributed by atoms with Gasteiger partial charge in [-0.25, -0.2) is 4.79 Å². The number of Topliss-reactive ketones (excluding diaryl/α,β-unsaturated/α-hetero) is 1. The van der Waals surface area contributed by atoms with Gasteiger partial charge in [0.2, 0.25) is 5.91 Å². The van der Waals surface area contributed by atoms with Crippen molar-refractivity contribution in [1.29, 1.82) is 0 Å². The summed E-state index contributed by atoms with van der Waals surface area (Å²) in [5.74, 6) is -0.823. The van der Waals surface area contributed by atoms with Crippen LogP contribution in [0.2, 0.25) is 0 Å². The van der Waals surface area contributed by atoms with E-state index in [1.54, 1.807) is 0 Å². The number of carbonyl (C=O) groups excluding carboxylic acids is 3. The van der Waals surface area contributed by atoms with E-state index in [9.17, 15) is 14.4 Å². The van der Waals surface area contributed by atoms with Crippen LogP contribution in [0.1, 0.15) is 41.0 Å². The zero-order valence-electron chi connectivity index (χ0n) is 11.1. The van der Waals surface area contributed by atoms with E-state index in [4.69, 9.17) is 4.74 Å². The maximum absolute atomic E-state index is 11.7. The standard InChI is InChI=1S/C12H21NO4/c1-7(2)6-11(13-10(5)15)12(16)17-9(4)8(3)14/h7,9,11H,6H2,1-5H3,(H,13,15). The molecule has 0 aromatic heterocycles. The molecule has 98 valence electrons. The van der Waals surface area contributed by atoms with E-state index in [2.05, 4.69) is 5.32 Å². The van der Waals surface area contributed by atoms with Crippen molar-refractivity contribution in [2.24, 2.45) is 5.92 Å². The van der Waals surface area contributed by atoms with Crippen molar-refractivity contribution in [3.8, 4) is 0 Å². The second-order valence-corrected chi connectivity index (χ2v) is 4.57. The van der Waals surface area contributed by atoms with Gasteiger partial charge in [-0.15, -0.1) is 0 Å². The number of hydrogen-bond acceptors (Lipinski definition) is 4. The van der Waals surface area contributed by atoms with Gasteiger partial charge in [0, 0.05) is 6.92 Å². The number of amides is 1. The molecule has 5 heteroatoms. The monoisotopic (exact) mass is 243 g/mol. The third-order valence-corrected chi connectivity index (χ3v) is 2.23. The van der Waals surface area contributed by atoms with Crippen molar-refractivity contribution in [2.75, 3.05) is 0 Å². The summed E-state index contributed by atoms with van der Waals surface area (Å²) in [6.07, 6.45) is -0.283. The summed E-state index contributed by atoms with van der Waals surface area (Å²) >= 11 is 0. The zero-order chi connectivity index (χ0) is 13.6. The van der Waals surface area contributed by atoms with Crippen molar-refractivity contribution in [3.05, 3.63) is 0 Å². The molecule has 0 fully saturated rings. The van der Waals surface area contributed by atoms with Gasteiger partial charge < -0.3 is 10.1 Å². The molecule has 2 unspecified atom stereocenters. The van der Waals surface area contributed by atoms with Gasteiger partial charge in [-0.3, -0.25) is 9.59 Å². The SMILES string of the molecule is CC(=O)NC(CC(C)C)C(=O)OC(C)C(C)=O. The van der Waals surface area contributed by atoms with E-state index >= 15 is 0 Å². The Morgan fingerprint density at radius 2 is 1.65 bits per heavy atom. The lowest BCUT2D eigenvalue weighted by Crippen LogP contribution is -2.43. The molecule has 0 spiro atoms. The highest BCUT2D eigenvalue weighted by Gasteiger charge is 2.24. The van der Waals surface area contributed by atoms with Gasteiger partial charge >= 0.3 is 5.97 Å². The predicted octanol–water partition coefficient (Wildman–Crippen LogP) is 1.06. The van der Waals surface area contributed by atoms with Gasteiger partial charge in [0.1, 0.15) is 6.04 Å². The fraction of sp³-hybridized carbons (Fsp3) is 0.750. The largest absolute Gasteiger partial charge is 0.453 e. The molecule has 5 nitrogen and oxygen atoms in total. The zero-order valence-corrected chi connectivity index (χ0v) is 11.1. The van der Waals surface area contributed by atoms with Gasteiger partial charge in [0.15, 0.2) is 11.9 Å². The first kappa shape index (κ1) is 15.6. The van der Waals surface area contributed by atoms with E-state index < -0.39 is 18.1 Å². The minimum atomic E-state index is -0.772. The number of esters is 1. The highest BCUT2D eigenvalue weighted by atomic mass is 16.5. The highest BCUT2D eigenvalue weighted by Crippen LogP contribution is 2.08. The van der Waals surface area contributed by atoms with Crippen molar-refractivity contribution in [1.82, 2.24) is 5.32 Å². The van der Waals surface area contributed by atoms with Crippen LogP contribution in [-0.4, -0.2) is 29.8 Å². The molecule has 17 heavy (non-hydrogen) atoms. The lowest BCUT2D eigenvalue weighted by Gasteiger charge is -2.20. The van der Waals surface area contributed by atoms with Crippen molar-refractivity contribution >= 4 is 17.7 Å². The summed E-state index contributed by atoms with van der Waals surface area (Å²) in [5, 5.41) is 2.53. The number of carbonyl (C=O) groups is 3. The van der Waals surface area contributed by atoms with E-state index in [1.807, 2.05) is 13.8 Å². The van der Waals surface area contributed by atoms with Gasteiger partial charge in [-0.05, 0) is 26.2 Å². The minimum absolute atomic E-state index is 0.218. The van der Waals surface area contributed by atoms with Crippen molar-refractivity contribution in [3.63, 3.8) is 0 Å². The number of ether oxygens (including phenoxy) is 1. The molecule has 0 aliphatic rings. The van der Waals surface area contributed by atoms with Gasteiger partial charge in [0.25, 0.3) is 0 Å². The molecule has 0 bridgehead atoms. The summed E-state index contributed by atoms with van der Waals surface area (Å²) in [6.45, 7) is 8.09. The summed E-state index contributed by atoms with van der Waals surface area (Å²) in [6, 6.07) is -0.686. The van der Waals surface area contributed by atoms with E-state index in [0.717, 1.165) is 0 Å². The molecule has 0 aliphatic heterocycles. The molecule has 0 radical (unpaired) electrons. The number of ketones is 1. The minimum Gasteiger partial charge on any atom is -0.453 e. The second-order valence-electron chi connectivity index (χ2n) is 4.57. The van der Waals surface area contributed by atoms with Crippen LogP contribution < -0.4 is 5.32 Å². The molecule has 0 saturated carbocycles. The lowest BCUT2D eigenvalue weighted by atomic mass is 10.0. The molecular weight excluding hydrogens is 222 g/mol. The Morgan fingerprint density at radius 1 is 1.12 bits per heavy atom. The second kappa shape index (κ2) is 7.04. The molecule has 0 aromatic carbocycles. The molecular formula is C12H21NO4. The molecule has 1 amide bonds. The van der Waals surface area contributed by atoms with Crippen LogP contribution in [0.25, 0.3) is 0 Å². The fourth-order valence-electron chi connectivity index (χ4n) is 1.27. The Balaban J connectivity index is 4.51. The number of hydrogen-bond donors (Lipinski definition) is 1. The first-order chi connectivity index (χ1) is 7.73. The molecule has 0 saturated heterocycles. The van der Waals surface area contributed by atoms with Gasteiger partial charge in [-0.1, -0.05) is 13.8 Å². The Kier molecular flexibility index (Phi) is 6.46. The van der Waals surface area contributed by atoms with Crippen molar-refractivity contribution < 1.29 is 19.1 Å². The van der Waals surface area contributed by atoms with Crippen LogP contribution in [0.4, 0.5) is 0 Å². The molecule has 0 aliphatic carbocycles. The lowest BCUT2D eigenvalue weighted by molar-refractivity contribution is -0.156. The van der Waals surface area contributed by atoms with Crippen LogP contribution in [0.15, 0.2) is 0 Å². The third-order valence-electron chi connectivity index (χ3n) is 2.23. The van der Waals surface area contributed by atoms with Crippen LogP contribution in [-0.2, 0) is 19.1 Å². The Morgan fingerprint density at radius 3 is 2.00 bits per heavy atom. The summed E-state index contributed by atoms with van der Waals surface area (Å²) in [5.41, 5.74) is 0. The van der Waals surface area contributed by atoms with Crippen molar-refractivity contribution in [2.45, 2.75) is 53.2 Å². The van der Waals surface area contributed by atoms with Gasteiger partial charge in [-0.2, -0.15) is 0 Å². The molecule has 0 rings (SSSR count). The van der Waals surface area contributed by atoms with E-state index in [1.165, 1.54) is 20.8 Å². The van der Waals surface area contributed by atoms with Crippen LogP contribution in [0.5, 0.6) is 0 Å². The predicted molar refractivity (Wildman–Crippen MR) is 63.3 cm³/mol. The maximum atomic E-state index is 11.7. The van der Waals surface area contributed by atoms with Crippen LogP contribution in [0, 0.1) is 5.92 Å². The topological polar surface area (TPSA) is 72.5 Å². The average molecular weight is 243 g/mol. The molecule has 0 heterocycles. The first-order valence-corrected chi connectivity index (χ1v) is 5.72. The average Bonchev–Trinajstić information content (AvgIpc) is 2.14. The normalized spacial score (nSPS) is 14.0. The summed E-state index contributed by atoms with van der Waals surface area (Å²) in [4.78, 5) is 33.7. The molecule has 2 atom stereocenters. The van der Waals surface area contributed by atoms with E-state index in [-0.39, 0.29) is 17.6 Å². The highest BCUT2D eigenvalue weighted by molar-refractivity contribution is 5.86. The summed E-state index contributed by atoms with van der Waals surface area (Å²) < 4.78 is 4.97. The summed E-state index contributed by atoms with van der Waals surface area (Å²) in [7, 11) is 0. The maximum Gasteiger partial charge on any atom is 0.329 e. The molecule has 1 N–H and O–H groups in total. The Bertz CT molecular complexity index is 299. The van der Waals surface area contributed by atoms with Crippen LogP contribution >= 0.6 is 0 Å². The Labute approximate surface area is 102 Å². The van der Waals surface area contributed by atoms with Crippen LogP contribution in [0.3, 0.4) is 0 Å². The van der Waals surface area contributed by atoms with Gasteiger partial charge in [0.05, 0.1) is 0 Å².